The second kappa shape index (κ2) is 6.65. The molecule has 0 aliphatic heterocycles. The maximum absolute atomic E-state index is 12.9. The number of nitrogens with zero attached hydrogens (tertiary/aromatic N) is 2. The molecule has 3 heteroatoms. The predicted octanol–water partition coefficient (Wildman–Crippen LogP) is 4.72. The molecule has 0 atom stereocenters. The molecule has 2 aromatic heterocycles. The Kier molecular flexibility index (Phi) is 4.05. The van der Waals surface area contributed by atoms with Gasteiger partial charge in [0.1, 0.15) is 0 Å². The second-order valence-corrected chi connectivity index (χ2v) is 5.86. The molecular weight excluding hydrogens is 308 g/mol. The summed E-state index contributed by atoms with van der Waals surface area (Å²) in [4.78, 5) is 21.9. The first-order chi connectivity index (χ1) is 12.3. The SMILES string of the molecule is O=C(Cc1ccccn1)c1cc(-c2ccccc2)nc2ccccc12. The Bertz CT molecular complexity index is 1030. The van der Waals surface area contributed by atoms with Crippen LogP contribution in [0.5, 0.6) is 0 Å². The van der Waals surface area contributed by atoms with Crippen molar-refractivity contribution < 1.29 is 4.79 Å². The fraction of sp³-hybridized carbons (Fsp3) is 0.0455. The summed E-state index contributed by atoms with van der Waals surface area (Å²) < 4.78 is 0. The number of Topliss-reactive ketones (excluding diaryl/α,β-unsaturated/α-hetero) is 1. The molecule has 0 spiro atoms. The Morgan fingerprint density at radius 3 is 2.40 bits per heavy atom. The van der Waals surface area contributed by atoms with Gasteiger partial charge in [-0.15, -0.1) is 0 Å². The molecule has 2 heterocycles. The summed E-state index contributed by atoms with van der Waals surface area (Å²) in [7, 11) is 0. The van der Waals surface area contributed by atoms with Crippen LogP contribution in [-0.2, 0) is 6.42 Å². The van der Waals surface area contributed by atoms with E-state index in [0.717, 1.165) is 27.9 Å². The first kappa shape index (κ1) is 15.2. The second-order valence-electron chi connectivity index (χ2n) is 5.86. The van der Waals surface area contributed by atoms with Gasteiger partial charge in [0, 0.05) is 28.4 Å². The van der Waals surface area contributed by atoms with Crippen molar-refractivity contribution in [2.75, 3.05) is 0 Å². The lowest BCUT2D eigenvalue weighted by Crippen LogP contribution is -2.07. The largest absolute Gasteiger partial charge is 0.294 e. The van der Waals surface area contributed by atoms with Crippen LogP contribution >= 0.6 is 0 Å². The molecule has 0 aliphatic rings. The molecule has 0 N–H and O–H groups in total. The van der Waals surface area contributed by atoms with Crippen LogP contribution in [-0.4, -0.2) is 15.8 Å². The highest BCUT2D eigenvalue weighted by atomic mass is 16.1. The summed E-state index contributed by atoms with van der Waals surface area (Å²) in [6, 6.07) is 25.2. The number of hydrogen-bond acceptors (Lipinski definition) is 3. The van der Waals surface area contributed by atoms with Gasteiger partial charge in [0.05, 0.1) is 17.6 Å². The number of pyridine rings is 2. The number of para-hydroxylation sites is 1. The number of hydrogen-bond donors (Lipinski definition) is 0. The fourth-order valence-electron chi connectivity index (χ4n) is 2.93. The molecule has 0 amide bonds. The van der Waals surface area contributed by atoms with Gasteiger partial charge in [-0.05, 0) is 24.3 Å². The first-order valence-electron chi connectivity index (χ1n) is 8.19. The Hall–Kier alpha value is -3.33. The maximum Gasteiger partial charge on any atom is 0.169 e. The standard InChI is InChI=1S/C22H16N2O/c25-22(14-17-10-6-7-13-23-17)19-15-21(16-8-2-1-3-9-16)24-20-12-5-4-11-18(19)20/h1-13,15H,14H2. The Balaban J connectivity index is 1.83. The zero-order chi connectivity index (χ0) is 17.1. The van der Waals surface area contributed by atoms with Crippen molar-refractivity contribution in [3.05, 3.63) is 96.3 Å². The van der Waals surface area contributed by atoms with E-state index in [-0.39, 0.29) is 12.2 Å². The van der Waals surface area contributed by atoms with E-state index in [1.165, 1.54) is 0 Å². The summed E-state index contributed by atoms with van der Waals surface area (Å²) in [5.41, 5.74) is 4.10. The van der Waals surface area contributed by atoms with Crippen molar-refractivity contribution in [3.63, 3.8) is 0 Å². The van der Waals surface area contributed by atoms with Gasteiger partial charge in [-0.2, -0.15) is 0 Å². The fourth-order valence-corrected chi connectivity index (χ4v) is 2.93. The minimum absolute atomic E-state index is 0.0504. The van der Waals surface area contributed by atoms with E-state index < -0.39 is 0 Å². The summed E-state index contributed by atoms with van der Waals surface area (Å²) >= 11 is 0. The third kappa shape index (κ3) is 3.17. The molecule has 4 aromatic rings. The maximum atomic E-state index is 12.9. The average Bonchev–Trinajstić information content (AvgIpc) is 2.68. The van der Waals surface area contributed by atoms with E-state index >= 15 is 0 Å². The summed E-state index contributed by atoms with van der Waals surface area (Å²) in [5, 5.41) is 0.878. The molecule has 0 saturated carbocycles. The van der Waals surface area contributed by atoms with E-state index in [0.29, 0.717) is 5.56 Å². The van der Waals surface area contributed by atoms with Crippen molar-refractivity contribution >= 4 is 16.7 Å². The molecule has 25 heavy (non-hydrogen) atoms. The van der Waals surface area contributed by atoms with Crippen LogP contribution < -0.4 is 0 Å². The lowest BCUT2D eigenvalue weighted by molar-refractivity contribution is 0.0993. The third-order valence-corrected chi connectivity index (χ3v) is 4.15. The number of carbonyl (C=O) groups excluding carboxylic acids is 1. The predicted molar refractivity (Wildman–Crippen MR) is 99.5 cm³/mol. The van der Waals surface area contributed by atoms with Crippen molar-refractivity contribution in [3.8, 4) is 11.3 Å². The summed E-state index contributed by atoms with van der Waals surface area (Å²) in [5.74, 6) is 0.0504. The Labute approximate surface area is 146 Å². The van der Waals surface area contributed by atoms with E-state index in [9.17, 15) is 4.79 Å². The highest BCUT2D eigenvalue weighted by molar-refractivity contribution is 6.08. The smallest absolute Gasteiger partial charge is 0.169 e. The normalized spacial score (nSPS) is 10.7. The van der Waals surface area contributed by atoms with Crippen molar-refractivity contribution in [1.29, 1.82) is 0 Å². The van der Waals surface area contributed by atoms with Crippen molar-refractivity contribution in [2.45, 2.75) is 6.42 Å². The third-order valence-electron chi connectivity index (χ3n) is 4.15. The molecular formula is C22H16N2O. The zero-order valence-electron chi connectivity index (χ0n) is 13.6. The molecule has 0 aliphatic carbocycles. The van der Waals surface area contributed by atoms with E-state index in [4.69, 9.17) is 4.98 Å². The number of carbonyl (C=O) groups is 1. The molecule has 0 saturated heterocycles. The van der Waals surface area contributed by atoms with Gasteiger partial charge in [0.15, 0.2) is 5.78 Å². The quantitative estimate of drug-likeness (QED) is 0.510. The molecule has 2 aromatic carbocycles. The molecule has 4 rings (SSSR count). The van der Waals surface area contributed by atoms with Crippen LogP contribution in [0, 0.1) is 0 Å². The topological polar surface area (TPSA) is 42.9 Å². The van der Waals surface area contributed by atoms with Crippen molar-refractivity contribution in [2.24, 2.45) is 0 Å². The minimum Gasteiger partial charge on any atom is -0.294 e. The van der Waals surface area contributed by atoms with Gasteiger partial charge in [-0.25, -0.2) is 4.98 Å². The molecule has 120 valence electrons. The van der Waals surface area contributed by atoms with E-state index in [2.05, 4.69) is 4.98 Å². The summed E-state index contributed by atoms with van der Waals surface area (Å²) in [6.07, 6.45) is 1.99. The molecule has 0 bridgehead atoms. The number of ketones is 1. The average molecular weight is 324 g/mol. The molecule has 0 fully saturated rings. The number of fused-ring (bicyclic) bond motifs is 1. The molecule has 3 nitrogen and oxygen atoms in total. The lowest BCUT2D eigenvalue weighted by atomic mass is 9.99. The lowest BCUT2D eigenvalue weighted by Gasteiger charge is -2.09. The zero-order valence-corrected chi connectivity index (χ0v) is 13.6. The van der Waals surface area contributed by atoms with Crippen LogP contribution in [0.3, 0.4) is 0 Å². The van der Waals surface area contributed by atoms with E-state index in [1.807, 2.05) is 78.9 Å². The minimum atomic E-state index is 0.0504. The van der Waals surface area contributed by atoms with Gasteiger partial charge < -0.3 is 0 Å². The van der Waals surface area contributed by atoms with Crippen LogP contribution in [0.1, 0.15) is 16.1 Å². The van der Waals surface area contributed by atoms with Gasteiger partial charge in [-0.1, -0.05) is 54.6 Å². The number of rotatable bonds is 4. The Morgan fingerprint density at radius 1 is 0.840 bits per heavy atom. The van der Waals surface area contributed by atoms with E-state index in [1.54, 1.807) is 6.20 Å². The van der Waals surface area contributed by atoms with Gasteiger partial charge >= 0.3 is 0 Å². The number of benzene rings is 2. The number of aromatic nitrogens is 2. The first-order valence-corrected chi connectivity index (χ1v) is 8.19. The van der Waals surface area contributed by atoms with Gasteiger partial charge in [0.2, 0.25) is 0 Å². The Morgan fingerprint density at radius 2 is 1.60 bits per heavy atom. The summed E-state index contributed by atoms with van der Waals surface area (Å²) in [6.45, 7) is 0. The molecule has 0 unspecified atom stereocenters. The molecule has 0 radical (unpaired) electrons. The van der Waals surface area contributed by atoms with Gasteiger partial charge in [0.25, 0.3) is 0 Å². The van der Waals surface area contributed by atoms with Crippen molar-refractivity contribution in [1.82, 2.24) is 9.97 Å². The van der Waals surface area contributed by atoms with Crippen LogP contribution in [0.25, 0.3) is 22.2 Å². The van der Waals surface area contributed by atoms with Crippen LogP contribution in [0.4, 0.5) is 0 Å². The monoisotopic (exact) mass is 324 g/mol. The highest BCUT2D eigenvalue weighted by Crippen LogP contribution is 2.25. The van der Waals surface area contributed by atoms with Gasteiger partial charge in [-0.3, -0.25) is 9.78 Å². The van der Waals surface area contributed by atoms with Crippen LogP contribution in [0.15, 0.2) is 85.1 Å². The highest BCUT2D eigenvalue weighted by Gasteiger charge is 2.14. The van der Waals surface area contributed by atoms with Crippen LogP contribution in [0.2, 0.25) is 0 Å².